The van der Waals surface area contributed by atoms with E-state index >= 15 is 0 Å². The first-order valence-electron chi connectivity index (χ1n) is 4.51. The summed E-state index contributed by atoms with van der Waals surface area (Å²) in [4.78, 5) is 16.0. The molecule has 15 heavy (non-hydrogen) atoms. The van der Waals surface area contributed by atoms with Crippen LogP contribution in [0.2, 0.25) is 0 Å². The van der Waals surface area contributed by atoms with Gasteiger partial charge in [-0.05, 0) is 6.92 Å². The highest BCUT2D eigenvalue weighted by atomic mass is 32.1. The molecule has 1 heterocycles. The van der Waals surface area contributed by atoms with Crippen LogP contribution in [0, 0.1) is 6.92 Å². The van der Waals surface area contributed by atoms with Gasteiger partial charge in [0.15, 0.2) is 0 Å². The molecule has 0 fully saturated rings. The van der Waals surface area contributed by atoms with E-state index in [-0.39, 0.29) is 0 Å². The van der Waals surface area contributed by atoms with E-state index in [1.165, 1.54) is 11.3 Å². The zero-order valence-electron chi connectivity index (χ0n) is 8.23. The molecule has 1 aromatic heterocycles. The monoisotopic (exact) mass is 218 g/mol. The maximum atomic E-state index is 11.2. The molecule has 0 unspecified atom stereocenters. The van der Waals surface area contributed by atoms with Crippen molar-refractivity contribution in [2.45, 2.75) is 6.92 Å². The number of hydrogen-bond acceptors (Lipinski definition) is 3. The van der Waals surface area contributed by atoms with Crippen molar-refractivity contribution in [2.75, 3.05) is 0 Å². The molecule has 0 spiro atoms. The fraction of sp³-hybridized carbons (Fsp3) is 0.0909. The first-order valence-corrected chi connectivity index (χ1v) is 5.33. The minimum Gasteiger partial charge on any atom is -0.365 e. The van der Waals surface area contributed by atoms with E-state index in [4.69, 9.17) is 5.73 Å². The number of nitrogens with two attached hydrogens (primary N) is 1. The average molecular weight is 218 g/mol. The van der Waals surface area contributed by atoms with Crippen LogP contribution in [0.4, 0.5) is 0 Å². The molecular formula is C11H10N2OS. The van der Waals surface area contributed by atoms with Crippen LogP contribution in [-0.4, -0.2) is 10.9 Å². The molecule has 76 valence electrons. The van der Waals surface area contributed by atoms with Gasteiger partial charge in [0.05, 0.1) is 10.7 Å². The van der Waals surface area contributed by atoms with Gasteiger partial charge in [-0.3, -0.25) is 4.79 Å². The van der Waals surface area contributed by atoms with Gasteiger partial charge in [0.2, 0.25) is 0 Å². The summed E-state index contributed by atoms with van der Waals surface area (Å²) in [6, 6.07) is 9.58. The fourth-order valence-electron chi connectivity index (χ4n) is 1.39. The summed E-state index contributed by atoms with van der Waals surface area (Å²) < 4.78 is 0. The van der Waals surface area contributed by atoms with Crippen molar-refractivity contribution < 1.29 is 4.79 Å². The van der Waals surface area contributed by atoms with Crippen LogP contribution < -0.4 is 5.73 Å². The third-order valence-electron chi connectivity index (χ3n) is 2.01. The molecule has 4 heteroatoms. The summed E-state index contributed by atoms with van der Waals surface area (Å²) in [6.45, 7) is 1.86. The van der Waals surface area contributed by atoms with Crippen molar-refractivity contribution >= 4 is 17.2 Å². The van der Waals surface area contributed by atoms with Gasteiger partial charge in [0.25, 0.3) is 5.91 Å². The van der Waals surface area contributed by atoms with Crippen molar-refractivity contribution in [1.82, 2.24) is 4.98 Å². The number of carbonyl (C=O) groups excluding carboxylic acids is 1. The summed E-state index contributed by atoms with van der Waals surface area (Å²) >= 11 is 1.33. The van der Waals surface area contributed by atoms with Gasteiger partial charge in [-0.2, -0.15) is 0 Å². The van der Waals surface area contributed by atoms with Gasteiger partial charge in [0.1, 0.15) is 4.88 Å². The van der Waals surface area contributed by atoms with Gasteiger partial charge in [-0.25, -0.2) is 4.98 Å². The molecule has 1 amide bonds. The quantitative estimate of drug-likeness (QED) is 0.840. The highest BCUT2D eigenvalue weighted by molar-refractivity contribution is 7.14. The largest absolute Gasteiger partial charge is 0.365 e. The molecule has 2 N–H and O–H groups in total. The maximum Gasteiger partial charge on any atom is 0.261 e. The van der Waals surface area contributed by atoms with Gasteiger partial charge in [-0.15, -0.1) is 11.3 Å². The maximum absolute atomic E-state index is 11.2. The molecule has 0 aliphatic heterocycles. The number of carbonyl (C=O) groups is 1. The van der Waals surface area contributed by atoms with E-state index < -0.39 is 5.91 Å². The number of thiazole rings is 1. The molecule has 0 aliphatic carbocycles. The lowest BCUT2D eigenvalue weighted by atomic mass is 10.1. The van der Waals surface area contributed by atoms with Crippen molar-refractivity contribution in [3.05, 3.63) is 40.2 Å². The number of aromatic nitrogens is 1. The van der Waals surface area contributed by atoms with Gasteiger partial charge < -0.3 is 5.73 Å². The molecule has 0 aliphatic rings. The highest BCUT2D eigenvalue weighted by Crippen LogP contribution is 2.27. The van der Waals surface area contributed by atoms with Crippen LogP contribution in [0.25, 0.3) is 11.3 Å². The first kappa shape index (κ1) is 9.86. The molecule has 0 saturated carbocycles. The van der Waals surface area contributed by atoms with E-state index in [1.807, 2.05) is 37.3 Å². The normalized spacial score (nSPS) is 10.2. The zero-order chi connectivity index (χ0) is 10.8. The van der Waals surface area contributed by atoms with Crippen LogP contribution in [0.15, 0.2) is 30.3 Å². The molecular weight excluding hydrogens is 208 g/mol. The third kappa shape index (κ3) is 1.89. The number of rotatable bonds is 2. The Labute approximate surface area is 91.6 Å². The average Bonchev–Trinajstić information content (AvgIpc) is 2.62. The molecule has 1 aromatic carbocycles. The summed E-state index contributed by atoms with van der Waals surface area (Å²) in [5.74, 6) is -0.417. The zero-order valence-corrected chi connectivity index (χ0v) is 9.04. The smallest absolute Gasteiger partial charge is 0.261 e. The van der Waals surface area contributed by atoms with Crippen molar-refractivity contribution in [3.8, 4) is 11.3 Å². The molecule has 3 nitrogen and oxygen atoms in total. The van der Waals surface area contributed by atoms with Crippen molar-refractivity contribution in [3.63, 3.8) is 0 Å². The molecule has 0 saturated heterocycles. The molecule has 2 rings (SSSR count). The fourth-order valence-corrected chi connectivity index (χ4v) is 2.18. The summed E-state index contributed by atoms with van der Waals surface area (Å²) in [6.07, 6.45) is 0. The topological polar surface area (TPSA) is 56.0 Å². The number of amides is 1. The van der Waals surface area contributed by atoms with E-state index in [0.29, 0.717) is 10.6 Å². The van der Waals surface area contributed by atoms with Gasteiger partial charge >= 0.3 is 0 Å². The second-order valence-electron chi connectivity index (χ2n) is 3.14. The Morgan fingerprint density at radius 3 is 2.60 bits per heavy atom. The predicted molar refractivity (Wildman–Crippen MR) is 60.8 cm³/mol. The standard InChI is InChI=1S/C11H10N2OS/c1-7-13-9(10(15-7)11(12)14)8-5-3-2-4-6-8/h2-6H,1H3,(H2,12,14). The summed E-state index contributed by atoms with van der Waals surface area (Å²) in [7, 11) is 0. The van der Waals surface area contributed by atoms with Crippen LogP contribution in [0.5, 0.6) is 0 Å². The number of hydrogen-bond donors (Lipinski definition) is 1. The third-order valence-corrected chi connectivity index (χ3v) is 2.99. The molecule has 0 bridgehead atoms. The number of aryl methyl sites for hydroxylation is 1. The highest BCUT2D eigenvalue weighted by Gasteiger charge is 2.14. The lowest BCUT2D eigenvalue weighted by molar-refractivity contribution is 0.100. The Hall–Kier alpha value is -1.68. The summed E-state index contributed by atoms with van der Waals surface area (Å²) in [5.41, 5.74) is 6.91. The van der Waals surface area contributed by atoms with Crippen molar-refractivity contribution in [1.29, 1.82) is 0 Å². The van der Waals surface area contributed by atoms with Crippen molar-refractivity contribution in [2.24, 2.45) is 5.73 Å². The molecule has 0 atom stereocenters. The number of primary amides is 1. The Morgan fingerprint density at radius 2 is 2.00 bits per heavy atom. The molecule has 0 radical (unpaired) electrons. The lowest BCUT2D eigenvalue weighted by Crippen LogP contribution is -2.10. The minimum absolute atomic E-state index is 0.417. The Balaban J connectivity index is 2.58. The van der Waals surface area contributed by atoms with E-state index in [9.17, 15) is 4.79 Å². The van der Waals surface area contributed by atoms with Crippen LogP contribution >= 0.6 is 11.3 Å². The van der Waals surface area contributed by atoms with Crippen LogP contribution in [0.1, 0.15) is 14.7 Å². The van der Waals surface area contributed by atoms with Crippen LogP contribution in [-0.2, 0) is 0 Å². The first-order chi connectivity index (χ1) is 7.18. The summed E-state index contributed by atoms with van der Waals surface area (Å²) in [5, 5.41) is 0.850. The van der Waals surface area contributed by atoms with Gasteiger partial charge in [0, 0.05) is 5.56 Å². The van der Waals surface area contributed by atoms with E-state index in [1.54, 1.807) is 0 Å². The van der Waals surface area contributed by atoms with Gasteiger partial charge in [-0.1, -0.05) is 30.3 Å². The predicted octanol–water partition coefficient (Wildman–Crippen LogP) is 2.22. The van der Waals surface area contributed by atoms with Crippen LogP contribution in [0.3, 0.4) is 0 Å². The van der Waals surface area contributed by atoms with E-state index in [2.05, 4.69) is 4.98 Å². The lowest BCUT2D eigenvalue weighted by Gasteiger charge is -1.97. The Kier molecular flexibility index (Phi) is 2.51. The minimum atomic E-state index is -0.417. The Morgan fingerprint density at radius 1 is 1.33 bits per heavy atom. The SMILES string of the molecule is Cc1nc(-c2ccccc2)c(C(N)=O)s1. The van der Waals surface area contributed by atoms with E-state index in [0.717, 1.165) is 10.6 Å². The second kappa shape index (κ2) is 3.82. The molecule has 2 aromatic rings. The number of nitrogens with zero attached hydrogens (tertiary/aromatic N) is 1. The number of benzene rings is 1. The second-order valence-corrected chi connectivity index (χ2v) is 4.34. The Bertz CT molecular complexity index is 491.